The van der Waals surface area contributed by atoms with Crippen molar-refractivity contribution in [3.63, 3.8) is 0 Å². The number of hydrogen-bond donors (Lipinski definition) is 1. The van der Waals surface area contributed by atoms with E-state index in [9.17, 15) is 8.42 Å². The minimum Gasteiger partial charge on any atom is -0.377 e. The van der Waals surface area contributed by atoms with E-state index < -0.39 is 10.0 Å². The van der Waals surface area contributed by atoms with Crippen LogP contribution in [0.25, 0.3) is 22.3 Å². The Kier molecular flexibility index (Phi) is 5.09. The molecule has 3 aromatic rings. The Morgan fingerprint density at radius 2 is 1.26 bits per heavy atom. The topological polar surface area (TPSA) is 63.4 Å². The molecule has 3 aromatic carbocycles. The third-order valence-electron chi connectivity index (χ3n) is 4.67. The van der Waals surface area contributed by atoms with E-state index in [4.69, 9.17) is 5.14 Å². The number of primary sulfonamides is 1. The monoisotopic (exact) mass is 380 g/mol. The first-order valence-electron chi connectivity index (χ1n) is 8.69. The van der Waals surface area contributed by atoms with Crippen LogP contribution >= 0.6 is 0 Å². The standard InChI is InChI=1S/C22H24N2O2S/c1-15-13-18(14-16(2)22(15)24(3)4)21-8-6-5-7-20(21)17-9-11-19(12-10-17)27(23,25)26/h5-14H,1-4H3,(H2,23,25,26). The van der Waals surface area contributed by atoms with Crippen LogP contribution in [0.4, 0.5) is 5.69 Å². The van der Waals surface area contributed by atoms with E-state index in [1.54, 1.807) is 24.3 Å². The van der Waals surface area contributed by atoms with Crippen LogP contribution in [0.3, 0.4) is 0 Å². The molecule has 4 nitrogen and oxygen atoms in total. The lowest BCUT2D eigenvalue weighted by Gasteiger charge is -2.20. The van der Waals surface area contributed by atoms with Gasteiger partial charge >= 0.3 is 0 Å². The lowest BCUT2D eigenvalue weighted by Crippen LogP contribution is -2.12. The second-order valence-electron chi connectivity index (χ2n) is 6.97. The molecule has 140 valence electrons. The summed E-state index contributed by atoms with van der Waals surface area (Å²) in [5, 5.41) is 5.21. The molecule has 0 aromatic heterocycles. The first-order valence-corrected chi connectivity index (χ1v) is 10.2. The van der Waals surface area contributed by atoms with E-state index in [2.05, 4.69) is 51.0 Å². The zero-order valence-electron chi connectivity index (χ0n) is 16.0. The van der Waals surface area contributed by atoms with Crippen LogP contribution in [0.2, 0.25) is 0 Å². The normalized spacial score (nSPS) is 11.4. The van der Waals surface area contributed by atoms with Crippen LogP contribution in [0.5, 0.6) is 0 Å². The summed E-state index contributed by atoms with van der Waals surface area (Å²) in [5.41, 5.74) is 7.91. The summed E-state index contributed by atoms with van der Waals surface area (Å²) in [5.74, 6) is 0. The van der Waals surface area contributed by atoms with E-state index in [1.807, 2.05) is 18.2 Å². The average Bonchev–Trinajstić information content (AvgIpc) is 2.60. The highest BCUT2D eigenvalue weighted by Gasteiger charge is 2.13. The average molecular weight is 381 g/mol. The van der Waals surface area contributed by atoms with E-state index in [1.165, 1.54) is 16.8 Å². The van der Waals surface area contributed by atoms with Gasteiger partial charge in [-0.15, -0.1) is 0 Å². The molecule has 0 unspecified atom stereocenters. The van der Waals surface area contributed by atoms with Gasteiger partial charge in [-0.05, 0) is 71.5 Å². The molecule has 0 bridgehead atoms. The van der Waals surface area contributed by atoms with Gasteiger partial charge in [-0.25, -0.2) is 13.6 Å². The van der Waals surface area contributed by atoms with Gasteiger partial charge in [0.25, 0.3) is 0 Å². The molecule has 0 radical (unpaired) electrons. The number of benzene rings is 3. The first kappa shape index (κ1) is 19.1. The van der Waals surface area contributed by atoms with Crippen LogP contribution in [0.15, 0.2) is 65.6 Å². The zero-order valence-corrected chi connectivity index (χ0v) is 16.8. The van der Waals surface area contributed by atoms with Gasteiger partial charge in [0.05, 0.1) is 4.90 Å². The summed E-state index contributed by atoms with van der Waals surface area (Å²) in [6, 6.07) is 19.2. The smallest absolute Gasteiger partial charge is 0.238 e. The van der Waals surface area contributed by atoms with Crippen LogP contribution in [-0.4, -0.2) is 22.5 Å². The van der Waals surface area contributed by atoms with E-state index in [-0.39, 0.29) is 4.90 Å². The number of sulfonamides is 1. The van der Waals surface area contributed by atoms with E-state index in [0.29, 0.717) is 0 Å². The maximum Gasteiger partial charge on any atom is 0.238 e. The highest BCUT2D eigenvalue weighted by molar-refractivity contribution is 7.89. The number of rotatable bonds is 4. The second-order valence-corrected chi connectivity index (χ2v) is 8.53. The Bertz CT molecular complexity index is 1060. The summed E-state index contributed by atoms with van der Waals surface area (Å²) in [6.07, 6.45) is 0. The molecular weight excluding hydrogens is 356 g/mol. The molecule has 27 heavy (non-hydrogen) atoms. The van der Waals surface area contributed by atoms with Gasteiger partial charge in [-0.1, -0.05) is 36.4 Å². The molecule has 0 saturated carbocycles. The Labute approximate surface area is 161 Å². The summed E-state index contributed by atoms with van der Waals surface area (Å²) < 4.78 is 23.0. The Hall–Kier alpha value is -2.63. The minimum absolute atomic E-state index is 0.116. The number of nitrogens with two attached hydrogens (primary N) is 1. The molecular formula is C22H24N2O2S. The Balaban J connectivity index is 2.13. The molecule has 0 spiro atoms. The van der Waals surface area contributed by atoms with Gasteiger partial charge in [0, 0.05) is 19.8 Å². The number of aryl methyl sites for hydroxylation is 2. The van der Waals surface area contributed by atoms with Gasteiger partial charge in [0.15, 0.2) is 0 Å². The van der Waals surface area contributed by atoms with Gasteiger partial charge in [-0.2, -0.15) is 0 Å². The molecule has 3 rings (SSSR count). The molecule has 0 fully saturated rings. The van der Waals surface area contributed by atoms with Gasteiger partial charge in [0.2, 0.25) is 10.0 Å². The summed E-state index contributed by atoms with van der Waals surface area (Å²) in [4.78, 5) is 2.25. The van der Waals surface area contributed by atoms with Crippen LogP contribution in [0.1, 0.15) is 11.1 Å². The largest absolute Gasteiger partial charge is 0.377 e. The summed E-state index contributed by atoms with van der Waals surface area (Å²) in [7, 11) is 0.410. The lowest BCUT2D eigenvalue weighted by molar-refractivity contribution is 0.598. The SMILES string of the molecule is Cc1cc(-c2ccccc2-c2ccc(S(N)(=O)=O)cc2)cc(C)c1N(C)C. The Morgan fingerprint density at radius 3 is 1.70 bits per heavy atom. The molecule has 0 aliphatic heterocycles. The second kappa shape index (κ2) is 7.18. The van der Waals surface area contributed by atoms with Gasteiger partial charge < -0.3 is 4.90 Å². The fraction of sp³-hybridized carbons (Fsp3) is 0.182. The number of anilines is 1. The first-order chi connectivity index (χ1) is 12.7. The highest BCUT2D eigenvalue weighted by atomic mass is 32.2. The highest BCUT2D eigenvalue weighted by Crippen LogP contribution is 2.36. The Morgan fingerprint density at radius 1 is 0.778 bits per heavy atom. The molecule has 0 aliphatic rings. The summed E-state index contributed by atoms with van der Waals surface area (Å²) >= 11 is 0. The number of hydrogen-bond acceptors (Lipinski definition) is 3. The van der Waals surface area contributed by atoms with Crippen molar-refractivity contribution < 1.29 is 8.42 Å². The molecule has 0 heterocycles. The minimum atomic E-state index is -3.69. The fourth-order valence-electron chi connectivity index (χ4n) is 3.63. The predicted molar refractivity (Wildman–Crippen MR) is 112 cm³/mol. The fourth-order valence-corrected chi connectivity index (χ4v) is 4.14. The molecule has 0 atom stereocenters. The summed E-state index contributed by atoms with van der Waals surface area (Å²) in [6.45, 7) is 4.24. The van der Waals surface area contributed by atoms with Crippen molar-refractivity contribution in [2.75, 3.05) is 19.0 Å². The van der Waals surface area contributed by atoms with Crippen molar-refractivity contribution in [1.29, 1.82) is 0 Å². The zero-order chi connectivity index (χ0) is 19.8. The molecule has 5 heteroatoms. The third-order valence-corrected chi connectivity index (χ3v) is 5.60. The van der Waals surface area contributed by atoms with Gasteiger partial charge in [-0.3, -0.25) is 0 Å². The van der Waals surface area contributed by atoms with Crippen molar-refractivity contribution in [2.24, 2.45) is 5.14 Å². The van der Waals surface area contributed by atoms with Crippen LogP contribution in [-0.2, 0) is 10.0 Å². The van der Waals surface area contributed by atoms with Crippen molar-refractivity contribution in [2.45, 2.75) is 18.7 Å². The van der Waals surface area contributed by atoms with Crippen molar-refractivity contribution in [3.05, 3.63) is 71.8 Å². The molecule has 0 amide bonds. The molecule has 0 aliphatic carbocycles. The van der Waals surface area contributed by atoms with Crippen LogP contribution < -0.4 is 10.0 Å². The van der Waals surface area contributed by atoms with Gasteiger partial charge in [0.1, 0.15) is 0 Å². The third kappa shape index (κ3) is 3.89. The quantitative estimate of drug-likeness (QED) is 0.732. The van der Waals surface area contributed by atoms with E-state index >= 15 is 0 Å². The van der Waals surface area contributed by atoms with Crippen molar-refractivity contribution >= 4 is 15.7 Å². The maximum absolute atomic E-state index is 11.5. The molecule has 0 saturated heterocycles. The predicted octanol–water partition coefficient (Wildman–Crippen LogP) is 4.35. The van der Waals surface area contributed by atoms with Crippen LogP contribution in [0, 0.1) is 13.8 Å². The molecule has 2 N–H and O–H groups in total. The van der Waals surface area contributed by atoms with Crippen molar-refractivity contribution in [1.82, 2.24) is 0 Å². The maximum atomic E-state index is 11.5. The lowest BCUT2D eigenvalue weighted by atomic mass is 9.92. The van der Waals surface area contributed by atoms with E-state index in [0.717, 1.165) is 22.3 Å². The number of nitrogens with zero attached hydrogens (tertiary/aromatic N) is 1. The van der Waals surface area contributed by atoms with Crippen molar-refractivity contribution in [3.8, 4) is 22.3 Å².